The molecule has 0 unspecified atom stereocenters. The van der Waals surface area contributed by atoms with E-state index in [1.165, 1.54) is 36.8 Å². The maximum absolute atomic E-state index is 12.5. The van der Waals surface area contributed by atoms with Crippen LogP contribution in [0.1, 0.15) is 37.3 Å². The van der Waals surface area contributed by atoms with Crippen molar-refractivity contribution in [3.63, 3.8) is 0 Å². The SMILES string of the molecule is Cc1ccc(CCC2CCN(CC(=O)N3CCO[C@@H](C)C3)CC2)cc1. The molecule has 4 heteroatoms. The van der Waals surface area contributed by atoms with Crippen LogP contribution in [-0.4, -0.2) is 61.1 Å². The highest BCUT2D eigenvalue weighted by atomic mass is 16.5. The summed E-state index contributed by atoms with van der Waals surface area (Å²) in [5.41, 5.74) is 2.78. The summed E-state index contributed by atoms with van der Waals surface area (Å²) in [7, 11) is 0. The van der Waals surface area contributed by atoms with Gasteiger partial charge < -0.3 is 9.64 Å². The van der Waals surface area contributed by atoms with Gasteiger partial charge in [0.25, 0.3) is 0 Å². The van der Waals surface area contributed by atoms with Gasteiger partial charge in [-0.2, -0.15) is 0 Å². The molecule has 0 saturated carbocycles. The summed E-state index contributed by atoms with van der Waals surface area (Å²) in [5, 5.41) is 0. The molecule has 0 bridgehead atoms. The van der Waals surface area contributed by atoms with Gasteiger partial charge in [0, 0.05) is 13.1 Å². The van der Waals surface area contributed by atoms with Gasteiger partial charge in [0.15, 0.2) is 0 Å². The molecule has 0 aliphatic carbocycles. The smallest absolute Gasteiger partial charge is 0.236 e. The molecule has 0 N–H and O–H groups in total. The standard InChI is InChI=1S/C21H32N2O2/c1-17-3-5-19(6-4-17)7-8-20-9-11-22(12-10-20)16-21(24)23-13-14-25-18(2)15-23/h3-6,18,20H,7-16H2,1-2H3/t18-/m0/s1. The summed E-state index contributed by atoms with van der Waals surface area (Å²) in [6.07, 6.45) is 5.06. The van der Waals surface area contributed by atoms with E-state index in [1.807, 2.05) is 11.8 Å². The fourth-order valence-corrected chi connectivity index (χ4v) is 3.90. The van der Waals surface area contributed by atoms with Gasteiger partial charge in [0.1, 0.15) is 0 Å². The summed E-state index contributed by atoms with van der Waals surface area (Å²) in [6, 6.07) is 8.92. The Morgan fingerprint density at radius 1 is 1.16 bits per heavy atom. The van der Waals surface area contributed by atoms with Crippen LogP contribution in [0.4, 0.5) is 0 Å². The molecule has 0 radical (unpaired) electrons. The van der Waals surface area contributed by atoms with E-state index in [0.717, 1.165) is 32.1 Å². The largest absolute Gasteiger partial charge is 0.375 e. The lowest BCUT2D eigenvalue weighted by Crippen LogP contribution is -2.49. The number of nitrogens with zero attached hydrogens (tertiary/aromatic N) is 2. The molecule has 2 fully saturated rings. The molecule has 2 aliphatic rings. The fourth-order valence-electron chi connectivity index (χ4n) is 3.90. The van der Waals surface area contributed by atoms with Gasteiger partial charge in [0.2, 0.25) is 5.91 Å². The number of hydrogen-bond acceptors (Lipinski definition) is 3. The second kappa shape index (κ2) is 8.81. The molecule has 0 spiro atoms. The van der Waals surface area contributed by atoms with E-state index in [-0.39, 0.29) is 12.0 Å². The molecule has 0 aromatic heterocycles. The van der Waals surface area contributed by atoms with Crippen molar-refractivity contribution in [2.75, 3.05) is 39.3 Å². The van der Waals surface area contributed by atoms with E-state index < -0.39 is 0 Å². The van der Waals surface area contributed by atoms with Crippen molar-refractivity contribution >= 4 is 5.91 Å². The molecule has 1 amide bonds. The highest BCUT2D eigenvalue weighted by molar-refractivity contribution is 5.78. The van der Waals surface area contributed by atoms with Crippen LogP contribution < -0.4 is 0 Å². The number of likely N-dealkylation sites (tertiary alicyclic amines) is 1. The Hall–Kier alpha value is -1.39. The molecule has 1 aromatic rings. The van der Waals surface area contributed by atoms with Gasteiger partial charge in [-0.15, -0.1) is 0 Å². The van der Waals surface area contributed by atoms with E-state index in [9.17, 15) is 4.79 Å². The Labute approximate surface area is 152 Å². The van der Waals surface area contributed by atoms with Crippen LogP contribution in [0.5, 0.6) is 0 Å². The number of piperidine rings is 1. The molecule has 138 valence electrons. The highest BCUT2D eigenvalue weighted by Gasteiger charge is 2.25. The molecule has 2 saturated heterocycles. The summed E-state index contributed by atoms with van der Waals surface area (Å²) in [5.74, 6) is 1.07. The average molecular weight is 344 g/mol. The number of aryl methyl sites for hydroxylation is 2. The monoisotopic (exact) mass is 344 g/mol. The third-order valence-electron chi connectivity index (χ3n) is 5.62. The number of hydrogen-bond donors (Lipinski definition) is 0. The van der Waals surface area contributed by atoms with Gasteiger partial charge in [-0.05, 0) is 64.1 Å². The molecule has 3 rings (SSSR count). The van der Waals surface area contributed by atoms with Gasteiger partial charge in [-0.1, -0.05) is 29.8 Å². The zero-order valence-corrected chi connectivity index (χ0v) is 15.7. The molecular weight excluding hydrogens is 312 g/mol. The Morgan fingerprint density at radius 2 is 1.88 bits per heavy atom. The molecular formula is C21H32N2O2. The Balaban J connectivity index is 1.36. The topological polar surface area (TPSA) is 32.8 Å². The van der Waals surface area contributed by atoms with Crippen molar-refractivity contribution in [3.8, 4) is 0 Å². The third kappa shape index (κ3) is 5.55. The van der Waals surface area contributed by atoms with Crippen molar-refractivity contribution in [3.05, 3.63) is 35.4 Å². The van der Waals surface area contributed by atoms with Crippen LogP contribution in [0.2, 0.25) is 0 Å². The molecule has 2 heterocycles. The van der Waals surface area contributed by atoms with Crippen LogP contribution in [0.15, 0.2) is 24.3 Å². The minimum Gasteiger partial charge on any atom is -0.375 e. The van der Waals surface area contributed by atoms with Gasteiger partial charge >= 0.3 is 0 Å². The van der Waals surface area contributed by atoms with Crippen LogP contribution in [0.25, 0.3) is 0 Å². The van der Waals surface area contributed by atoms with Crippen LogP contribution in [-0.2, 0) is 16.0 Å². The van der Waals surface area contributed by atoms with Gasteiger partial charge in [-0.25, -0.2) is 0 Å². The Morgan fingerprint density at radius 3 is 2.56 bits per heavy atom. The second-order valence-corrected chi connectivity index (χ2v) is 7.76. The van der Waals surface area contributed by atoms with Crippen LogP contribution in [0, 0.1) is 12.8 Å². The van der Waals surface area contributed by atoms with Crippen molar-refractivity contribution in [1.82, 2.24) is 9.80 Å². The number of ether oxygens (including phenoxy) is 1. The molecule has 2 aliphatic heterocycles. The maximum atomic E-state index is 12.5. The lowest BCUT2D eigenvalue weighted by Gasteiger charge is -2.35. The van der Waals surface area contributed by atoms with Gasteiger partial charge in [-0.3, -0.25) is 9.69 Å². The number of rotatable bonds is 5. The minimum absolute atomic E-state index is 0.171. The summed E-state index contributed by atoms with van der Waals surface area (Å²) >= 11 is 0. The summed E-state index contributed by atoms with van der Waals surface area (Å²) < 4.78 is 5.52. The van der Waals surface area contributed by atoms with Crippen molar-refractivity contribution in [1.29, 1.82) is 0 Å². The zero-order chi connectivity index (χ0) is 17.6. The predicted octanol–water partition coefficient (Wildman–Crippen LogP) is 2.89. The number of carbonyl (C=O) groups is 1. The Kier molecular flexibility index (Phi) is 6.49. The first-order valence-electron chi connectivity index (χ1n) is 9.77. The fraction of sp³-hybridized carbons (Fsp3) is 0.667. The average Bonchev–Trinajstić information content (AvgIpc) is 2.62. The van der Waals surface area contributed by atoms with E-state index in [1.54, 1.807) is 0 Å². The van der Waals surface area contributed by atoms with Crippen molar-refractivity contribution in [2.24, 2.45) is 5.92 Å². The van der Waals surface area contributed by atoms with E-state index in [2.05, 4.69) is 36.1 Å². The maximum Gasteiger partial charge on any atom is 0.236 e. The first-order chi connectivity index (χ1) is 12.1. The van der Waals surface area contributed by atoms with Crippen LogP contribution in [0.3, 0.4) is 0 Å². The number of amides is 1. The number of benzene rings is 1. The van der Waals surface area contributed by atoms with E-state index in [4.69, 9.17) is 4.74 Å². The second-order valence-electron chi connectivity index (χ2n) is 7.76. The molecule has 1 aromatic carbocycles. The zero-order valence-electron chi connectivity index (χ0n) is 15.7. The van der Waals surface area contributed by atoms with Crippen molar-refractivity contribution < 1.29 is 9.53 Å². The first-order valence-corrected chi connectivity index (χ1v) is 9.77. The highest BCUT2D eigenvalue weighted by Crippen LogP contribution is 2.22. The van der Waals surface area contributed by atoms with Gasteiger partial charge in [0.05, 0.1) is 19.3 Å². The molecule has 4 nitrogen and oxygen atoms in total. The molecule has 1 atom stereocenters. The number of morpholine rings is 1. The van der Waals surface area contributed by atoms with Crippen molar-refractivity contribution in [2.45, 2.75) is 45.6 Å². The van der Waals surface area contributed by atoms with Crippen LogP contribution >= 0.6 is 0 Å². The third-order valence-corrected chi connectivity index (χ3v) is 5.62. The first kappa shape index (κ1) is 18.4. The summed E-state index contributed by atoms with van der Waals surface area (Å²) in [6.45, 7) is 9.04. The summed E-state index contributed by atoms with van der Waals surface area (Å²) in [4.78, 5) is 16.8. The number of carbonyl (C=O) groups excluding carboxylic acids is 1. The lowest BCUT2D eigenvalue weighted by atomic mass is 9.90. The van der Waals surface area contributed by atoms with E-state index >= 15 is 0 Å². The minimum atomic E-state index is 0.171. The normalized spacial score (nSPS) is 23.0. The molecule has 25 heavy (non-hydrogen) atoms. The quantitative estimate of drug-likeness (QED) is 0.823. The Bertz CT molecular complexity index is 550. The predicted molar refractivity (Wildman–Crippen MR) is 101 cm³/mol. The van der Waals surface area contributed by atoms with E-state index in [0.29, 0.717) is 13.2 Å². The lowest BCUT2D eigenvalue weighted by molar-refractivity contribution is -0.139.